The summed E-state index contributed by atoms with van der Waals surface area (Å²) in [4.78, 5) is 43.7. The minimum absolute atomic E-state index is 0.0225. The van der Waals surface area contributed by atoms with Crippen molar-refractivity contribution in [2.24, 2.45) is 5.92 Å². The topological polar surface area (TPSA) is 84.3 Å². The van der Waals surface area contributed by atoms with Crippen molar-refractivity contribution in [1.29, 1.82) is 0 Å². The first-order valence-electron chi connectivity index (χ1n) is 9.41. The number of rotatable bonds is 4. The van der Waals surface area contributed by atoms with Crippen molar-refractivity contribution in [2.45, 2.75) is 46.2 Å². The highest BCUT2D eigenvalue weighted by Crippen LogP contribution is 2.18. The molecular weight excluding hydrogens is 344 g/mol. The number of nitrogens with one attached hydrogen (secondary N) is 1. The number of aryl methyl sites for hydroxylation is 1. The fraction of sp³-hybridized carbons (Fsp3) is 0.500. The van der Waals surface area contributed by atoms with Crippen LogP contribution in [0.25, 0.3) is 10.9 Å². The number of piperidine rings is 1. The predicted molar refractivity (Wildman–Crippen MR) is 103 cm³/mol. The molecule has 1 aromatic carbocycles. The number of hydrogen-bond donors (Lipinski definition) is 1. The largest absolute Gasteiger partial charge is 0.354 e. The summed E-state index contributed by atoms with van der Waals surface area (Å²) in [6.45, 7) is 6.66. The van der Waals surface area contributed by atoms with Crippen molar-refractivity contribution in [3.05, 3.63) is 40.4 Å². The lowest BCUT2D eigenvalue weighted by molar-refractivity contribution is -0.136. The van der Waals surface area contributed by atoms with Crippen LogP contribution >= 0.6 is 0 Å². The first-order valence-corrected chi connectivity index (χ1v) is 9.41. The molecule has 3 rings (SSSR count). The van der Waals surface area contributed by atoms with Gasteiger partial charge in [0.1, 0.15) is 12.4 Å². The molecule has 1 aliphatic heterocycles. The zero-order valence-electron chi connectivity index (χ0n) is 16.1. The quantitative estimate of drug-likeness (QED) is 0.883. The molecule has 7 heteroatoms. The molecule has 1 aliphatic rings. The number of carbonyl (C=O) groups excluding carboxylic acids is 2. The minimum atomic E-state index is -0.197. The van der Waals surface area contributed by atoms with Crippen LogP contribution in [-0.2, 0) is 16.1 Å². The summed E-state index contributed by atoms with van der Waals surface area (Å²) in [7, 11) is 0. The molecule has 0 unspecified atom stereocenters. The van der Waals surface area contributed by atoms with Crippen LogP contribution in [-0.4, -0.2) is 45.4 Å². The van der Waals surface area contributed by atoms with E-state index in [0.29, 0.717) is 42.7 Å². The monoisotopic (exact) mass is 370 g/mol. The van der Waals surface area contributed by atoms with Gasteiger partial charge in [0, 0.05) is 25.0 Å². The summed E-state index contributed by atoms with van der Waals surface area (Å²) >= 11 is 0. The van der Waals surface area contributed by atoms with Gasteiger partial charge in [-0.05, 0) is 45.7 Å². The SMILES string of the molecule is Cc1nc2ccccc2c(=O)n1CC(=O)N1CCC(C(=O)NC(C)C)CC1. The molecule has 0 bridgehead atoms. The van der Waals surface area contributed by atoms with E-state index in [2.05, 4.69) is 10.3 Å². The fourth-order valence-electron chi connectivity index (χ4n) is 3.49. The number of para-hydroxylation sites is 1. The van der Waals surface area contributed by atoms with Crippen LogP contribution < -0.4 is 10.9 Å². The van der Waals surface area contributed by atoms with Crippen LogP contribution in [0.3, 0.4) is 0 Å². The van der Waals surface area contributed by atoms with E-state index >= 15 is 0 Å². The molecule has 144 valence electrons. The highest BCUT2D eigenvalue weighted by molar-refractivity contribution is 5.81. The zero-order valence-corrected chi connectivity index (χ0v) is 16.1. The molecule has 1 fully saturated rings. The second kappa shape index (κ2) is 7.90. The Kier molecular flexibility index (Phi) is 5.58. The summed E-state index contributed by atoms with van der Waals surface area (Å²) in [6.07, 6.45) is 1.29. The van der Waals surface area contributed by atoms with E-state index < -0.39 is 0 Å². The number of carbonyl (C=O) groups is 2. The average molecular weight is 370 g/mol. The smallest absolute Gasteiger partial charge is 0.261 e. The first-order chi connectivity index (χ1) is 12.9. The zero-order chi connectivity index (χ0) is 19.6. The normalized spacial score (nSPS) is 15.3. The number of benzene rings is 1. The van der Waals surface area contributed by atoms with Gasteiger partial charge in [-0.2, -0.15) is 0 Å². The Morgan fingerprint density at radius 1 is 1.22 bits per heavy atom. The van der Waals surface area contributed by atoms with Crippen LogP contribution in [0.4, 0.5) is 0 Å². The standard InChI is InChI=1S/C20H26N4O3/c1-13(2)21-19(26)15-8-10-23(11-9-15)18(25)12-24-14(3)22-17-7-5-4-6-16(17)20(24)27/h4-7,13,15H,8-12H2,1-3H3,(H,21,26). The number of aromatic nitrogens is 2. The maximum Gasteiger partial charge on any atom is 0.261 e. The van der Waals surface area contributed by atoms with Crippen LogP contribution in [0.5, 0.6) is 0 Å². The lowest BCUT2D eigenvalue weighted by Gasteiger charge is -2.32. The molecule has 2 heterocycles. The van der Waals surface area contributed by atoms with Gasteiger partial charge in [-0.3, -0.25) is 19.0 Å². The maximum absolute atomic E-state index is 12.7. The second-order valence-corrected chi connectivity index (χ2v) is 7.39. The van der Waals surface area contributed by atoms with Gasteiger partial charge < -0.3 is 10.2 Å². The van der Waals surface area contributed by atoms with E-state index in [1.807, 2.05) is 19.9 Å². The Labute approximate surface area is 158 Å². The predicted octanol–water partition coefficient (Wildman–Crippen LogP) is 1.47. The van der Waals surface area contributed by atoms with Crippen LogP contribution in [0.1, 0.15) is 32.5 Å². The summed E-state index contributed by atoms with van der Waals surface area (Å²) in [5.41, 5.74) is 0.443. The average Bonchev–Trinajstić information content (AvgIpc) is 2.64. The molecule has 2 amide bonds. The van der Waals surface area contributed by atoms with Gasteiger partial charge in [0.15, 0.2) is 0 Å². The third kappa shape index (κ3) is 4.18. The first kappa shape index (κ1) is 19.1. The Balaban J connectivity index is 1.68. The molecule has 0 saturated carbocycles. The molecule has 2 aromatic rings. The number of fused-ring (bicyclic) bond motifs is 1. The number of hydrogen-bond acceptors (Lipinski definition) is 4. The van der Waals surface area contributed by atoms with E-state index in [4.69, 9.17) is 0 Å². The van der Waals surface area contributed by atoms with Gasteiger partial charge in [0.05, 0.1) is 10.9 Å². The van der Waals surface area contributed by atoms with Gasteiger partial charge in [-0.1, -0.05) is 12.1 Å². The molecule has 27 heavy (non-hydrogen) atoms. The van der Waals surface area contributed by atoms with Gasteiger partial charge >= 0.3 is 0 Å². The van der Waals surface area contributed by atoms with E-state index in [9.17, 15) is 14.4 Å². The van der Waals surface area contributed by atoms with Crippen molar-refractivity contribution < 1.29 is 9.59 Å². The van der Waals surface area contributed by atoms with Crippen molar-refractivity contribution in [3.8, 4) is 0 Å². The highest BCUT2D eigenvalue weighted by atomic mass is 16.2. The highest BCUT2D eigenvalue weighted by Gasteiger charge is 2.28. The molecule has 0 spiro atoms. The molecule has 1 aromatic heterocycles. The molecular formula is C20H26N4O3. The van der Waals surface area contributed by atoms with Crippen LogP contribution in [0.2, 0.25) is 0 Å². The summed E-state index contributed by atoms with van der Waals surface area (Å²) < 4.78 is 1.43. The fourth-order valence-corrected chi connectivity index (χ4v) is 3.49. The van der Waals surface area contributed by atoms with Gasteiger partial charge in [-0.25, -0.2) is 4.98 Å². The second-order valence-electron chi connectivity index (χ2n) is 7.39. The third-order valence-electron chi connectivity index (χ3n) is 5.00. The third-order valence-corrected chi connectivity index (χ3v) is 5.00. The van der Waals surface area contributed by atoms with Crippen molar-refractivity contribution in [3.63, 3.8) is 0 Å². The molecule has 0 aliphatic carbocycles. The summed E-state index contributed by atoms with van der Waals surface area (Å²) in [5, 5.41) is 3.45. The Morgan fingerprint density at radius 3 is 2.56 bits per heavy atom. The van der Waals surface area contributed by atoms with E-state index in [1.165, 1.54) is 4.57 Å². The van der Waals surface area contributed by atoms with Crippen LogP contribution in [0.15, 0.2) is 29.1 Å². The van der Waals surface area contributed by atoms with Crippen molar-refractivity contribution in [2.75, 3.05) is 13.1 Å². The molecule has 1 saturated heterocycles. The van der Waals surface area contributed by atoms with E-state index in [-0.39, 0.29) is 35.9 Å². The summed E-state index contributed by atoms with van der Waals surface area (Å²) in [6, 6.07) is 7.27. The van der Waals surface area contributed by atoms with Gasteiger partial charge in [0.25, 0.3) is 5.56 Å². The number of likely N-dealkylation sites (tertiary alicyclic amines) is 1. The van der Waals surface area contributed by atoms with Gasteiger partial charge in [0.2, 0.25) is 11.8 Å². The number of nitrogens with zero attached hydrogens (tertiary/aromatic N) is 3. The van der Waals surface area contributed by atoms with Crippen molar-refractivity contribution in [1.82, 2.24) is 19.8 Å². The van der Waals surface area contributed by atoms with Gasteiger partial charge in [-0.15, -0.1) is 0 Å². The molecule has 0 atom stereocenters. The van der Waals surface area contributed by atoms with E-state index in [0.717, 1.165) is 0 Å². The molecule has 1 N–H and O–H groups in total. The Bertz CT molecular complexity index is 911. The Morgan fingerprint density at radius 2 is 1.89 bits per heavy atom. The molecule has 0 radical (unpaired) electrons. The lowest BCUT2D eigenvalue weighted by Crippen LogP contribution is -2.46. The number of amides is 2. The Hall–Kier alpha value is -2.70. The van der Waals surface area contributed by atoms with Crippen LogP contribution in [0, 0.1) is 12.8 Å². The summed E-state index contributed by atoms with van der Waals surface area (Å²) in [5.74, 6) is 0.421. The van der Waals surface area contributed by atoms with E-state index in [1.54, 1.807) is 30.0 Å². The molecule has 7 nitrogen and oxygen atoms in total. The lowest BCUT2D eigenvalue weighted by atomic mass is 9.95. The van der Waals surface area contributed by atoms with Crippen molar-refractivity contribution >= 4 is 22.7 Å². The minimum Gasteiger partial charge on any atom is -0.354 e. The maximum atomic E-state index is 12.7.